The molecular formula is C8H9N3O3. The Labute approximate surface area is 79.9 Å². The molecular weight excluding hydrogens is 186 g/mol. The molecule has 0 fully saturated rings. The minimum Gasteiger partial charge on any atom is -0.351 e. The van der Waals surface area contributed by atoms with Crippen LogP contribution in [0.5, 0.6) is 0 Å². The summed E-state index contributed by atoms with van der Waals surface area (Å²) in [5.74, 6) is 0. The molecule has 0 bridgehead atoms. The summed E-state index contributed by atoms with van der Waals surface area (Å²) < 4.78 is 0. The van der Waals surface area contributed by atoms with E-state index in [9.17, 15) is 14.9 Å². The van der Waals surface area contributed by atoms with E-state index in [2.05, 4.69) is 5.32 Å². The summed E-state index contributed by atoms with van der Waals surface area (Å²) in [6.07, 6.45) is 0. The van der Waals surface area contributed by atoms with Gasteiger partial charge in [0.2, 0.25) is 0 Å². The van der Waals surface area contributed by atoms with E-state index in [0.717, 1.165) is 5.56 Å². The molecule has 0 aliphatic carbocycles. The van der Waals surface area contributed by atoms with Gasteiger partial charge in [-0.15, -0.1) is 0 Å². The van der Waals surface area contributed by atoms with Crippen molar-refractivity contribution in [2.45, 2.75) is 6.92 Å². The van der Waals surface area contributed by atoms with Crippen molar-refractivity contribution in [1.29, 1.82) is 0 Å². The molecule has 2 amide bonds. The van der Waals surface area contributed by atoms with Gasteiger partial charge in [-0.3, -0.25) is 10.1 Å². The van der Waals surface area contributed by atoms with E-state index in [-0.39, 0.29) is 11.4 Å². The fourth-order valence-electron chi connectivity index (χ4n) is 1.04. The quantitative estimate of drug-likeness (QED) is 0.551. The van der Waals surface area contributed by atoms with Gasteiger partial charge >= 0.3 is 6.03 Å². The molecule has 0 spiro atoms. The van der Waals surface area contributed by atoms with Gasteiger partial charge in [0.1, 0.15) is 5.69 Å². The highest BCUT2D eigenvalue weighted by molar-refractivity contribution is 5.90. The maximum Gasteiger partial charge on any atom is 0.316 e. The minimum atomic E-state index is -0.821. The molecule has 1 aromatic rings. The van der Waals surface area contributed by atoms with Gasteiger partial charge in [0.25, 0.3) is 5.69 Å². The third kappa shape index (κ3) is 2.19. The number of rotatable bonds is 2. The minimum absolute atomic E-state index is 0.113. The van der Waals surface area contributed by atoms with Crippen LogP contribution in [0.15, 0.2) is 18.2 Å². The fraction of sp³-hybridized carbons (Fsp3) is 0.125. The molecule has 6 heteroatoms. The average molecular weight is 195 g/mol. The molecule has 1 rings (SSSR count). The molecule has 0 atom stereocenters. The van der Waals surface area contributed by atoms with Gasteiger partial charge < -0.3 is 11.1 Å². The van der Waals surface area contributed by atoms with Crippen LogP contribution in [0.25, 0.3) is 0 Å². The Balaban J connectivity index is 3.15. The number of carbonyl (C=O) groups excluding carboxylic acids is 1. The van der Waals surface area contributed by atoms with Crippen LogP contribution in [-0.4, -0.2) is 11.0 Å². The van der Waals surface area contributed by atoms with Crippen molar-refractivity contribution in [2.75, 3.05) is 5.32 Å². The number of primary amides is 1. The second-order valence-corrected chi connectivity index (χ2v) is 2.77. The van der Waals surface area contributed by atoms with Gasteiger partial charge in [0.15, 0.2) is 0 Å². The number of nitrogens with two attached hydrogens (primary N) is 1. The number of nitro benzene ring substituents is 1. The highest BCUT2D eigenvalue weighted by Gasteiger charge is 2.14. The molecule has 0 aromatic heterocycles. The van der Waals surface area contributed by atoms with Crippen LogP contribution in [0.2, 0.25) is 0 Å². The summed E-state index contributed by atoms with van der Waals surface area (Å²) in [7, 11) is 0. The standard InChI is InChI=1S/C8H9N3O3/c1-5-2-3-7(11(13)14)6(4-5)10-8(9)12/h2-4H,1H3,(H3,9,10,12). The lowest BCUT2D eigenvalue weighted by atomic mass is 10.2. The lowest BCUT2D eigenvalue weighted by Crippen LogP contribution is -2.20. The van der Waals surface area contributed by atoms with Crippen LogP contribution in [0.3, 0.4) is 0 Å². The van der Waals surface area contributed by atoms with Crippen molar-refractivity contribution in [3.63, 3.8) is 0 Å². The normalized spacial score (nSPS) is 9.50. The van der Waals surface area contributed by atoms with Gasteiger partial charge in [0, 0.05) is 6.07 Å². The third-order valence-electron chi connectivity index (χ3n) is 1.61. The predicted octanol–water partition coefficient (Wildman–Crippen LogP) is 1.39. The van der Waals surface area contributed by atoms with Crippen LogP contribution in [0, 0.1) is 17.0 Å². The SMILES string of the molecule is Cc1ccc([N+](=O)[O-])c(NC(N)=O)c1. The summed E-state index contributed by atoms with van der Waals surface area (Å²) in [4.78, 5) is 20.5. The Morgan fingerprint density at radius 3 is 2.71 bits per heavy atom. The Bertz CT molecular complexity index is 389. The van der Waals surface area contributed by atoms with Crippen molar-refractivity contribution < 1.29 is 9.72 Å². The molecule has 0 heterocycles. The zero-order valence-electron chi connectivity index (χ0n) is 7.48. The Morgan fingerprint density at radius 2 is 2.21 bits per heavy atom. The zero-order valence-corrected chi connectivity index (χ0v) is 7.48. The molecule has 0 radical (unpaired) electrons. The van der Waals surface area contributed by atoms with Crippen molar-refractivity contribution in [2.24, 2.45) is 5.73 Å². The first-order valence-corrected chi connectivity index (χ1v) is 3.82. The summed E-state index contributed by atoms with van der Waals surface area (Å²) >= 11 is 0. The molecule has 0 aliphatic rings. The first kappa shape index (κ1) is 9.97. The van der Waals surface area contributed by atoms with Crippen molar-refractivity contribution in [1.82, 2.24) is 0 Å². The average Bonchev–Trinajstić information content (AvgIpc) is 2.01. The van der Waals surface area contributed by atoms with Crippen LogP contribution < -0.4 is 11.1 Å². The van der Waals surface area contributed by atoms with E-state index in [1.807, 2.05) is 0 Å². The highest BCUT2D eigenvalue weighted by atomic mass is 16.6. The van der Waals surface area contributed by atoms with E-state index < -0.39 is 11.0 Å². The van der Waals surface area contributed by atoms with Crippen LogP contribution in [0.4, 0.5) is 16.2 Å². The Morgan fingerprint density at radius 1 is 1.57 bits per heavy atom. The molecule has 74 valence electrons. The molecule has 0 unspecified atom stereocenters. The molecule has 0 saturated carbocycles. The zero-order chi connectivity index (χ0) is 10.7. The number of nitro groups is 1. The Hall–Kier alpha value is -2.11. The molecule has 6 nitrogen and oxygen atoms in total. The van der Waals surface area contributed by atoms with Crippen molar-refractivity contribution >= 4 is 17.4 Å². The second-order valence-electron chi connectivity index (χ2n) is 2.77. The molecule has 0 aliphatic heterocycles. The maximum absolute atomic E-state index is 10.5. The van der Waals surface area contributed by atoms with Gasteiger partial charge in [-0.2, -0.15) is 0 Å². The summed E-state index contributed by atoms with van der Waals surface area (Å²) in [5.41, 5.74) is 5.62. The molecule has 3 N–H and O–H groups in total. The number of nitrogens with one attached hydrogen (secondary N) is 1. The van der Waals surface area contributed by atoms with Crippen LogP contribution >= 0.6 is 0 Å². The number of carbonyl (C=O) groups is 1. The van der Waals surface area contributed by atoms with Crippen LogP contribution in [-0.2, 0) is 0 Å². The number of aryl methyl sites for hydroxylation is 1. The van der Waals surface area contributed by atoms with Crippen molar-refractivity contribution in [3.05, 3.63) is 33.9 Å². The maximum atomic E-state index is 10.5. The fourth-order valence-corrected chi connectivity index (χ4v) is 1.04. The first-order valence-electron chi connectivity index (χ1n) is 3.82. The topological polar surface area (TPSA) is 98.3 Å². The summed E-state index contributed by atoms with van der Waals surface area (Å²) in [6, 6.07) is 3.58. The predicted molar refractivity (Wildman–Crippen MR) is 51.0 cm³/mol. The van der Waals surface area contributed by atoms with E-state index in [4.69, 9.17) is 5.73 Å². The van der Waals surface area contributed by atoms with E-state index >= 15 is 0 Å². The number of benzene rings is 1. The highest BCUT2D eigenvalue weighted by Crippen LogP contribution is 2.24. The molecule has 1 aromatic carbocycles. The Kier molecular flexibility index (Phi) is 2.66. The lowest BCUT2D eigenvalue weighted by Gasteiger charge is -2.03. The van der Waals surface area contributed by atoms with E-state index in [1.165, 1.54) is 12.1 Å². The summed E-state index contributed by atoms with van der Waals surface area (Å²) in [6.45, 7) is 1.76. The number of hydrogen-bond acceptors (Lipinski definition) is 3. The largest absolute Gasteiger partial charge is 0.351 e. The molecule has 0 saturated heterocycles. The number of amides is 2. The van der Waals surface area contributed by atoms with Crippen molar-refractivity contribution in [3.8, 4) is 0 Å². The number of hydrogen-bond donors (Lipinski definition) is 2. The van der Waals surface area contributed by atoms with Gasteiger partial charge in [-0.25, -0.2) is 4.79 Å². The van der Waals surface area contributed by atoms with E-state index in [1.54, 1.807) is 13.0 Å². The molecule has 14 heavy (non-hydrogen) atoms. The van der Waals surface area contributed by atoms with Gasteiger partial charge in [0.05, 0.1) is 4.92 Å². The summed E-state index contributed by atoms with van der Waals surface area (Å²) in [5, 5.41) is 12.7. The smallest absolute Gasteiger partial charge is 0.316 e. The monoisotopic (exact) mass is 195 g/mol. The second kappa shape index (κ2) is 3.73. The van der Waals surface area contributed by atoms with Crippen LogP contribution in [0.1, 0.15) is 5.56 Å². The third-order valence-corrected chi connectivity index (χ3v) is 1.61. The van der Waals surface area contributed by atoms with Gasteiger partial charge in [-0.1, -0.05) is 6.07 Å². The number of anilines is 1. The van der Waals surface area contributed by atoms with Gasteiger partial charge in [-0.05, 0) is 18.6 Å². The lowest BCUT2D eigenvalue weighted by molar-refractivity contribution is -0.383. The first-order chi connectivity index (χ1) is 6.50. The number of nitrogens with zero attached hydrogens (tertiary/aromatic N) is 1. The number of urea groups is 1. The van der Waals surface area contributed by atoms with E-state index in [0.29, 0.717) is 0 Å².